The lowest BCUT2D eigenvalue weighted by molar-refractivity contribution is -0.0389. The topological polar surface area (TPSA) is 68.0 Å². The van der Waals surface area contributed by atoms with Gasteiger partial charge in [0.15, 0.2) is 5.82 Å². The molecule has 1 amide bonds. The minimum Gasteiger partial charge on any atom is -0.343 e. The molecular formula is C16H15Cl2F2N3O2. The van der Waals surface area contributed by atoms with Crippen LogP contribution >= 0.6 is 23.2 Å². The minimum absolute atomic E-state index is 0.0115. The third-order valence-electron chi connectivity index (χ3n) is 4.16. The van der Waals surface area contributed by atoms with E-state index in [2.05, 4.69) is 15.5 Å². The van der Waals surface area contributed by atoms with Crippen LogP contribution < -0.4 is 5.32 Å². The van der Waals surface area contributed by atoms with Crippen molar-refractivity contribution in [1.82, 2.24) is 15.5 Å². The number of aromatic nitrogens is 2. The maximum atomic E-state index is 13.2. The highest BCUT2D eigenvalue weighted by Gasteiger charge is 2.36. The fourth-order valence-electron chi connectivity index (χ4n) is 2.73. The van der Waals surface area contributed by atoms with Crippen molar-refractivity contribution in [2.24, 2.45) is 0 Å². The van der Waals surface area contributed by atoms with E-state index < -0.39 is 11.8 Å². The summed E-state index contributed by atoms with van der Waals surface area (Å²) >= 11 is 11.9. The maximum Gasteiger partial charge on any atom is 0.253 e. The molecule has 0 unspecified atom stereocenters. The largest absolute Gasteiger partial charge is 0.343 e. The van der Waals surface area contributed by atoms with Gasteiger partial charge in [0.1, 0.15) is 0 Å². The maximum absolute atomic E-state index is 13.2. The van der Waals surface area contributed by atoms with Crippen molar-refractivity contribution in [2.45, 2.75) is 44.1 Å². The quantitative estimate of drug-likeness (QED) is 0.829. The molecule has 9 heteroatoms. The molecule has 2 aromatic rings. The summed E-state index contributed by atoms with van der Waals surface area (Å²) in [6, 6.07) is 4.75. The molecule has 0 aliphatic heterocycles. The van der Waals surface area contributed by atoms with Gasteiger partial charge in [-0.15, -0.1) is 0 Å². The van der Waals surface area contributed by atoms with Crippen LogP contribution in [0.15, 0.2) is 22.7 Å². The van der Waals surface area contributed by atoms with Gasteiger partial charge in [0, 0.05) is 18.8 Å². The van der Waals surface area contributed by atoms with Gasteiger partial charge in [0.2, 0.25) is 11.8 Å². The van der Waals surface area contributed by atoms with Crippen LogP contribution in [0, 0.1) is 0 Å². The second-order valence-electron chi connectivity index (χ2n) is 5.96. The van der Waals surface area contributed by atoms with E-state index in [1.807, 2.05) is 0 Å². The first-order valence-corrected chi connectivity index (χ1v) is 8.54. The van der Waals surface area contributed by atoms with Crippen molar-refractivity contribution < 1.29 is 18.1 Å². The van der Waals surface area contributed by atoms with E-state index >= 15 is 0 Å². The molecule has 0 bridgehead atoms. The molecule has 1 heterocycles. The van der Waals surface area contributed by atoms with Gasteiger partial charge in [-0.3, -0.25) is 4.79 Å². The Balaban J connectivity index is 1.59. The lowest BCUT2D eigenvalue weighted by atomic mass is 9.86. The molecule has 0 radical (unpaired) electrons. The van der Waals surface area contributed by atoms with Gasteiger partial charge in [-0.2, -0.15) is 4.98 Å². The van der Waals surface area contributed by atoms with Crippen molar-refractivity contribution in [2.75, 3.05) is 0 Å². The summed E-state index contributed by atoms with van der Waals surface area (Å²) in [6.45, 7) is 0.0115. The number of benzene rings is 1. The zero-order chi connectivity index (χ0) is 18.0. The standard InChI is InChI=1S/C16H15Cl2F2N3O2/c17-11-3-1-2-10(13(11)18)15(24)21-8-12-22-14(23-25-12)9-4-6-16(19,20)7-5-9/h1-3,9H,4-8H2,(H,21,24). The minimum atomic E-state index is -2.60. The van der Waals surface area contributed by atoms with Gasteiger partial charge < -0.3 is 9.84 Å². The number of alkyl halides is 2. The molecule has 1 aromatic carbocycles. The van der Waals surface area contributed by atoms with Crippen LogP contribution in [-0.2, 0) is 6.54 Å². The molecule has 0 atom stereocenters. The van der Waals surface area contributed by atoms with Gasteiger partial charge in [-0.05, 0) is 25.0 Å². The smallest absolute Gasteiger partial charge is 0.253 e. The number of rotatable bonds is 4. The Kier molecular flexibility index (Phi) is 5.24. The molecule has 0 spiro atoms. The van der Waals surface area contributed by atoms with E-state index in [-0.39, 0.29) is 46.8 Å². The summed E-state index contributed by atoms with van der Waals surface area (Å²) in [5.74, 6) is -2.56. The number of carbonyl (C=O) groups excluding carboxylic acids is 1. The fourth-order valence-corrected chi connectivity index (χ4v) is 3.12. The average molecular weight is 390 g/mol. The summed E-state index contributed by atoms with van der Waals surface area (Å²) in [7, 11) is 0. The second kappa shape index (κ2) is 7.25. The van der Waals surface area contributed by atoms with Crippen molar-refractivity contribution in [3.05, 3.63) is 45.5 Å². The number of carbonyl (C=O) groups is 1. The first-order chi connectivity index (χ1) is 11.9. The van der Waals surface area contributed by atoms with Crippen LogP contribution in [0.25, 0.3) is 0 Å². The Labute approximate surface area is 152 Å². The summed E-state index contributed by atoms with van der Waals surface area (Å²) < 4.78 is 31.5. The summed E-state index contributed by atoms with van der Waals surface area (Å²) in [6.07, 6.45) is 0.282. The van der Waals surface area contributed by atoms with E-state index in [1.165, 1.54) is 0 Å². The number of hydrogen-bond donors (Lipinski definition) is 1. The van der Waals surface area contributed by atoms with Gasteiger partial charge in [0.05, 0.1) is 22.2 Å². The van der Waals surface area contributed by atoms with E-state index in [9.17, 15) is 13.6 Å². The predicted molar refractivity (Wildman–Crippen MR) is 88.1 cm³/mol. The summed E-state index contributed by atoms with van der Waals surface area (Å²) in [5, 5.41) is 6.90. The van der Waals surface area contributed by atoms with Gasteiger partial charge in [0.25, 0.3) is 5.91 Å². The summed E-state index contributed by atoms with van der Waals surface area (Å²) in [5.41, 5.74) is 0.239. The van der Waals surface area contributed by atoms with Gasteiger partial charge >= 0.3 is 0 Å². The Morgan fingerprint density at radius 2 is 2.04 bits per heavy atom. The second-order valence-corrected chi connectivity index (χ2v) is 6.75. The van der Waals surface area contributed by atoms with Crippen LogP contribution in [0.3, 0.4) is 0 Å². The zero-order valence-electron chi connectivity index (χ0n) is 13.1. The Hall–Kier alpha value is -1.73. The van der Waals surface area contributed by atoms with Crippen LogP contribution in [0.4, 0.5) is 8.78 Å². The lowest BCUT2D eigenvalue weighted by Gasteiger charge is -2.26. The third kappa shape index (κ3) is 4.27. The molecule has 1 fully saturated rings. The molecule has 1 aliphatic rings. The van der Waals surface area contributed by atoms with Crippen molar-refractivity contribution >= 4 is 29.1 Å². The average Bonchev–Trinajstić information content (AvgIpc) is 3.04. The lowest BCUT2D eigenvalue weighted by Crippen LogP contribution is -2.24. The van der Waals surface area contributed by atoms with Gasteiger partial charge in [-0.1, -0.05) is 34.4 Å². The van der Waals surface area contributed by atoms with Crippen LogP contribution in [0.1, 0.15) is 53.7 Å². The highest BCUT2D eigenvalue weighted by molar-refractivity contribution is 6.43. The number of hydrogen-bond acceptors (Lipinski definition) is 4. The molecule has 1 aromatic heterocycles. The van der Waals surface area contributed by atoms with E-state index in [1.54, 1.807) is 18.2 Å². The Morgan fingerprint density at radius 3 is 2.76 bits per heavy atom. The Morgan fingerprint density at radius 1 is 1.32 bits per heavy atom. The van der Waals surface area contributed by atoms with E-state index in [4.69, 9.17) is 27.7 Å². The van der Waals surface area contributed by atoms with Crippen LogP contribution in [0.5, 0.6) is 0 Å². The molecule has 25 heavy (non-hydrogen) atoms. The summed E-state index contributed by atoms with van der Waals surface area (Å²) in [4.78, 5) is 16.3. The highest BCUT2D eigenvalue weighted by atomic mass is 35.5. The number of nitrogens with zero attached hydrogens (tertiary/aromatic N) is 2. The highest BCUT2D eigenvalue weighted by Crippen LogP contribution is 2.39. The van der Waals surface area contributed by atoms with E-state index in [0.29, 0.717) is 18.7 Å². The van der Waals surface area contributed by atoms with Crippen molar-refractivity contribution in [1.29, 1.82) is 0 Å². The Bertz CT molecular complexity index is 772. The monoisotopic (exact) mass is 389 g/mol. The molecule has 5 nitrogen and oxygen atoms in total. The normalized spacial score (nSPS) is 17.4. The third-order valence-corrected chi connectivity index (χ3v) is 4.98. The number of nitrogens with one attached hydrogen (secondary N) is 1. The fraction of sp³-hybridized carbons (Fsp3) is 0.438. The van der Waals surface area contributed by atoms with Crippen LogP contribution in [-0.4, -0.2) is 22.0 Å². The molecule has 0 saturated heterocycles. The first kappa shape index (κ1) is 18.1. The molecule has 134 valence electrons. The van der Waals surface area contributed by atoms with Crippen molar-refractivity contribution in [3.63, 3.8) is 0 Å². The molecular weight excluding hydrogens is 375 g/mol. The van der Waals surface area contributed by atoms with Crippen LogP contribution in [0.2, 0.25) is 10.0 Å². The van der Waals surface area contributed by atoms with Gasteiger partial charge in [-0.25, -0.2) is 8.78 Å². The zero-order valence-corrected chi connectivity index (χ0v) is 14.6. The SMILES string of the molecule is O=C(NCc1nc(C2CCC(F)(F)CC2)no1)c1cccc(Cl)c1Cl. The molecule has 1 aliphatic carbocycles. The predicted octanol–water partition coefficient (Wildman–Crippen LogP) is 4.60. The number of halogens is 4. The van der Waals surface area contributed by atoms with Crippen molar-refractivity contribution in [3.8, 4) is 0 Å². The molecule has 3 rings (SSSR count). The molecule has 1 N–H and O–H groups in total. The number of amides is 1. The first-order valence-electron chi connectivity index (χ1n) is 7.78. The van der Waals surface area contributed by atoms with E-state index in [0.717, 1.165) is 0 Å². The molecule has 1 saturated carbocycles.